The Morgan fingerprint density at radius 2 is 2.33 bits per heavy atom. The summed E-state index contributed by atoms with van der Waals surface area (Å²) in [6.07, 6.45) is 1.10. The van der Waals surface area contributed by atoms with Crippen LogP contribution in [0.2, 0.25) is 0 Å². The van der Waals surface area contributed by atoms with Gasteiger partial charge < -0.3 is 10.1 Å². The van der Waals surface area contributed by atoms with Crippen molar-refractivity contribution in [2.75, 3.05) is 32.6 Å². The van der Waals surface area contributed by atoms with Crippen molar-refractivity contribution in [1.82, 2.24) is 25.5 Å². The highest BCUT2D eigenvalue weighted by Crippen LogP contribution is 2.12. The Bertz CT molecular complexity index is 267. The second-order valence-electron chi connectivity index (χ2n) is 3.03. The van der Waals surface area contributed by atoms with Crippen molar-refractivity contribution in [3.05, 3.63) is 0 Å². The van der Waals surface area contributed by atoms with E-state index in [1.54, 1.807) is 23.6 Å². The predicted molar refractivity (Wildman–Crippen MR) is 58.9 cm³/mol. The zero-order chi connectivity index (χ0) is 10.9. The Kier molecular flexibility index (Phi) is 6.29. The van der Waals surface area contributed by atoms with Crippen LogP contribution in [0.25, 0.3) is 0 Å². The zero-order valence-corrected chi connectivity index (χ0v) is 9.96. The average Bonchev–Trinajstić information content (AvgIpc) is 2.63. The van der Waals surface area contributed by atoms with E-state index in [1.807, 2.05) is 7.05 Å². The number of rotatable bonds is 8. The third-order valence-corrected chi connectivity index (χ3v) is 2.89. The first kappa shape index (κ1) is 12.4. The standard InChI is InChI=1S/C8H17N5OS/c1-13-8(10-11-12-13)15-7-3-4-9-5-6-14-2/h9H,3-7H2,1-2H3. The molecule has 0 aliphatic rings. The van der Waals surface area contributed by atoms with E-state index < -0.39 is 0 Å². The van der Waals surface area contributed by atoms with Gasteiger partial charge in [0.05, 0.1) is 6.61 Å². The number of thioether (sulfide) groups is 1. The normalized spacial score (nSPS) is 10.8. The van der Waals surface area contributed by atoms with Crippen molar-refractivity contribution >= 4 is 11.8 Å². The van der Waals surface area contributed by atoms with Gasteiger partial charge in [-0.1, -0.05) is 11.8 Å². The molecule has 0 aromatic carbocycles. The first-order chi connectivity index (χ1) is 7.34. The fraction of sp³-hybridized carbons (Fsp3) is 0.875. The molecule has 1 N–H and O–H groups in total. The number of nitrogens with zero attached hydrogens (tertiary/aromatic N) is 4. The summed E-state index contributed by atoms with van der Waals surface area (Å²) in [5.74, 6) is 1.02. The largest absolute Gasteiger partial charge is 0.383 e. The number of aryl methyl sites for hydroxylation is 1. The van der Waals surface area contributed by atoms with E-state index in [0.717, 1.165) is 37.0 Å². The lowest BCUT2D eigenvalue weighted by atomic mass is 10.5. The number of hydrogen-bond acceptors (Lipinski definition) is 6. The summed E-state index contributed by atoms with van der Waals surface area (Å²) in [5, 5.41) is 15.4. The fourth-order valence-corrected chi connectivity index (χ4v) is 1.79. The highest BCUT2D eigenvalue weighted by molar-refractivity contribution is 7.99. The summed E-state index contributed by atoms with van der Waals surface area (Å²) in [7, 11) is 3.55. The van der Waals surface area contributed by atoms with Crippen LogP contribution in [0.4, 0.5) is 0 Å². The monoisotopic (exact) mass is 231 g/mol. The molecule has 0 saturated heterocycles. The Balaban J connectivity index is 1.96. The maximum Gasteiger partial charge on any atom is 0.209 e. The molecule has 1 aromatic heterocycles. The molecule has 0 radical (unpaired) electrons. The van der Waals surface area contributed by atoms with Crippen molar-refractivity contribution < 1.29 is 4.74 Å². The van der Waals surface area contributed by atoms with Crippen molar-refractivity contribution in [2.24, 2.45) is 7.05 Å². The highest BCUT2D eigenvalue weighted by atomic mass is 32.2. The topological polar surface area (TPSA) is 64.9 Å². The van der Waals surface area contributed by atoms with Crippen molar-refractivity contribution in [3.8, 4) is 0 Å². The number of ether oxygens (including phenoxy) is 1. The number of nitrogens with one attached hydrogen (secondary N) is 1. The molecular weight excluding hydrogens is 214 g/mol. The Hall–Kier alpha value is -0.660. The molecule has 6 nitrogen and oxygen atoms in total. The molecule has 7 heteroatoms. The summed E-state index contributed by atoms with van der Waals surface area (Å²) in [6, 6.07) is 0. The summed E-state index contributed by atoms with van der Waals surface area (Å²) in [6.45, 7) is 2.68. The third-order valence-electron chi connectivity index (χ3n) is 1.79. The molecule has 0 fully saturated rings. The summed E-state index contributed by atoms with van der Waals surface area (Å²) in [5.41, 5.74) is 0. The molecule has 0 unspecified atom stereocenters. The van der Waals surface area contributed by atoms with Crippen LogP contribution in [-0.4, -0.2) is 52.8 Å². The number of methoxy groups -OCH3 is 1. The first-order valence-corrected chi connectivity index (χ1v) is 5.88. The second-order valence-corrected chi connectivity index (χ2v) is 4.09. The van der Waals surface area contributed by atoms with Gasteiger partial charge in [-0.3, -0.25) is 0 Å². The highest BCUT2D eigenvalue weighted by Gasteiger charge is 2.01. The van der Waals surface area contributed by atoms with Gasteiger partial charge in [-0.25, -0.2) is 4.68 Å². The molecule has 0 aliphatic heterocycles. The van der Waals surface area contributed by atoms with Gasteiger partial charge >= 0.3 is 0 Å². The molecule has 0 amide bonds. The van der Waals surface area contributed by atoms with E-state index in [2.05, 4.69) is 20.8 Å². The van der Waals surface area contributed by atoms with Gasteiger partial charge in [0.25, 0.3) is 0 Å². The van der Waals surface area contributed by atoms with Crippen LogP contribution in [0.1, 0.15) is 6.42 Å². The Morgan fingerprint density at radius 1 is 1.47 bits per heavy atom. The lowest BCUT2D eigenvalue weighted by Crippen LogP contribution is -2.20. The summed E-state index contributed by atoms with van der Waals surface area (Å²) >= 11 is 1.67. The van der Waals surface area contributed by atoms with E-state index in [9.17, 15) is 0 Å². The Morgan fingerprint density at radius 3 is 3.00 bits per heavy atom. The quantitative estimate of drug-likeness (QED) is 0.499. The van der Waals surface area contributed by atoms with Gasteiger partial charge in [0.1, 0.15) is 0 Å². The summed E-state index contributed by atoms with van der Waals surface area (Å²) < 4.78 is 6.61. The van der Waals surface area contributed by atoms with Crippen LogP contribution in [0.15, 0.2) is 5.16 Å². The number of tetrazole rings is 1. The van der Waals surface area contributed by atoms with E-state index in [4.69, 9.17) is 4.74 Å². The van der Waals surface area contributed by atoms with E-state index in [-0.39, 0.29) is 0 Å². The maximum absolute atomic E-state index is 4.93. The molecule has 0 saturated carbocycles. The smallest absolute Gasteiger partial charge is 0.209 e. The minimum absolute atomic E-state index is 0.764. The minimum Gasteiger partial charge on any atom is -0.383 e. The zero-order valence-electron chi connectivity index (χ0n) is 9.14. The van der Waals surface area contributed by atoms with E-state index >= 15 is 0 Å². The predicted octanol–water partition coefficient (Wildman–Crippen LogP) is -0.0717. The molecular formula is C8H17N5OS. The van der Waals surface area contributed by atoms with Crippen LogP contribution in [-0.2, 0) is 11.8 Å². The lowest BCUT2D eigenvalue weighted by Gasteiger charge is -2.02. The van der Waals surface area contributed by atoms with Crippen LogP contribution in [0.3, 0.4) is 0 Å². The molecule has 0 spiro atoms. The van der Waals surface area contributed by atoms with Gasteiger partial charge in [-0.2, -0.15) is 0 Å². The van der Waals surface area contributed by atoms with E-state index in [1.165, 1.54) is 0 Å². The second kappa shape index (κ2) is 7.61. The minimum atomic E-state index is 0.764. The molecule has 1 heterocycles. The SMILES string of the molecule is COCCNCCCSc1nnnn1C. The molecule has 1 aromatic rings. The van der Waals surface area contributed by atoms with Gasteiger partial charge in [0.15, 0.2) is 0 Å². The van der Waals surface area contributed by atoms with Crippen LogP contribution >= 0.6 is 11.8 Å². The van der Waals surface area contributed by atoms with Crippen molar-refractivity contribution in [1.29, 1.82) is 0 Å². The molecule has 0 atom stereocenters. The molecule has 15 heavy (non-hydrogen) atoms. The molecule has 0 bridgehead atoms. The summed E-state index contributed by atoms with van der Waals surface area (Å²) in [4.78, 5) is 0. The fourth-order valence-electron chi connectivity index (χ4n) is 1.00. The molecule has 86 valence electrons. The number of hydrogen-bond donors (Lipinski definition) is 1. The maximum atomic E-state index is 4.93. The van der Waals surface area contributed by atoms with Crippen molar-refractivity contribution in [2.45, 2.75) is 11.6 Å². The van der Waals surface area contributed by atoms with E-state index in [0.29, 0.717) is 0 Å². The Labute approximate surface area is 93.8 Å². The number of aromatic nitrogens is 4. The molecule has 1 rings (SSSR count). The lowest BCUT2D eigenvalue weighted by molar-refractivity contribution is 0.199. The van der Waals surface area contributed by atoms with Gasteiger partial charge in [0, 0.05) is 26.5 Å². The van der Waals surface area contributed by atoms with Crippen LogP contribution < -0.4 is 5.32 Å². The average molecular weight is 231 g/mol. The van der Waals surface area contributed by atoms with Crippen LogP contribution in [0, 0.1) is 0 Å². The van der Waals surface area contributed by atoms with Gasteiger partial charge in [0.2, 0.25) is 5.16 Å². The van der Waals surface area contributed by atoms with Crippen LogP contribution in [0.5, 0.6) is 0 Å². The van der Waals surface area contributed by atoms with Gasteiger partial charge in [-0.15, -0.1) is 5.10 Å². The molecule has 0 aliphatic carbocycles. The van der Waals surface area contributed by atoms with Crippen molar-refractivity contribution in [3.63, 3.8) is 0 Å². The first-order valence-electron chi connectivity index (χ1n) is 4.89. The third kappa shape index (κ3) is 5.10. The van der Waals surface area contributed by atoms with Gasteiger partial charge in [-0.05, 0) is 23.4 Å².